The Balaban J connectivity index is 2.69. The van der Waals surface area contributed by atoms with Crippen molar-refractivity contribution >= 4 is 22.8 Å². The van der Waals surface area contributed by atoms with Crippen LogP contribution in [0.25, 0.3) is 11.2 Å². The van der Waals surface area contributed by atoms with Crippen LogP contribution in [0.5, 0.6) is 0 Å². The van der Waals surface area contributed by atoms with Gasteiger partial charge in [0.1, 0.15) is 11.3 Å². The highest BCUT2D eigenvalue weighted by Crippen LogP contribution is 2.29. The summed E-state index contributed by atoms with van der Waals surface area (Å²) in [5.74, 6) is 0.939. The van der Waals surface area contributed by atoms with Gasteiger partial charge in [-0.3, -0.25) is 4.68 Å². The van der Waals surface area contributed by atoms with Crippen LogP contribution in [-0.4, -0.2) is 19.3 Å². The number of fused-ring (bicyclic) bond motifs is 1. The lowest BCUT2D eigenvalue weighted by molar-refractivity contribution is 0.340. The van der Waals surface area contributed by atoms with E-state index in [0.717, 1.165) is 35.6 Å². The van der Waals surface area contributed by atoms with Crippen LogP contribution in [0.3, 0.4) is 0 Å². The Labute approximate surface area is 119 Å². The van der Waals surface area contributed by atoms with Gasteiger partial charge in [-0.1, -0.05) is 27.7 Å². The summed E-state index contributed by atoms with van der Waals surface area (Å²) < 4.78 is 4.15. The molecule has 0 aromatic carbocycles. The molecular formula is C14H23ClN4. The molecule has 19 heavy (non-hydrogen) atoms. The third kappa shape index (κ3) is 2.64. The summed E-state index contributed by atoms with van der Waals surface area (Å²) in [7, 11) is 1.98. The molecule has 0 N–H and O–H groups in total. The molecule has 0 radical (unpaired) electrons. The summed E-state index contributed by atoms with van der Waals surface area (Å²) in [6.45, 7) is 11.6. The molecule has 0 spiro atoms. The van der Waals surface area contributed by atoms with Crippen LogP contribution in [0.15, 0.2) is 0 Å². The fourth-order valence-corrected chi connectivity index (χ4v) is 2.60. The van der Waals surface area contributed by atoms with Crippen molar-refractivity contribution in [3.05, 3.63) is 11.5 Å². The number of aryl methyl sites for hydroxylation is 2. The van der Waals surface area contributed by atoms with E-state index in [9.17, 15) is 0 Å². The maximum absolute atomic E-state index is 6.30. The second-order valence-corrected chi connectivity index (χ2v) is 6.98. The van der Waals surface area contributed by atoms with Crippen LogP contribution in [0, 0.1) is 5.41 Å². The van der Waals surface area contributed by atoms with E-state index in [-0.39, 0.29) is 10.8 Å². The summed E-state index contributed by atoms with van der Waals surface area (Å²) in [6, 6.07) is 0. The number of rotatable bonds is 3. The van der Waals surface area contributed by atoms with Crippen molar-refractivity contribution in [3.63, 3.8) is 0 Å². The van der Waals surface area contributed by atoms with Crippen molar-refractivity contribution in [3.8, 4) is 0 Å². The molecule has 0 aliphatic rings. The molecule has 0 bridgehead atoms. The molecule has 2 heterocycles. The molecule has 1 atom stereocenters. The molecule has 0 aliphatic carbocycles. The smallest absolute Gasteiger partial charge is 0.158 e. The Morgan fingerprint density at radius 1 is 1.32 bits per heavy atom. The third-order valence-corrected chi connectivity index (χ3v) is 3.34. The van der Waals surface area contributed by atoms with Gasteiger partial charge >= 0.3 is 0 Å². The average Bonchev–Trinajstić information content (AvgIpc) is 2.76. The second kappa shape index (κ2) is 4.82. The number of hydrogen-bond acceptors (Lipinski definition) is 2. The molecular weight excluding hydrogens is 260 g/mol. The summed E-state index contributed by atoms with van der Waals surface area (Å²) in [5.41, 5.74) is 3.29. The molecule has 0 saturated carbocycles. The molecule has 4 nitrogen and oxygen atoms in total. The SMILES string of the molecule is CCc1nn(C)c2c1nc(C(C)Cl)n2CC(C)(C)C. The van der Waals surface area contributed by atoms with Crippen molar-refractivity contribution in [1.82, 2.24) is 19.3 Å². The van der Waals surface area contributed by atoms with Crippen LogP contribution < -0.4 is 0 Å². The highest BCUT2D eigenvalue weighted by atomic mass is 35.5. The Morgan fingerprint density at radius 2 is 1.95 bits per heavy atom. The maximum atomic E-state index is 6.30. The lowest BCUT2D eigenvalue weighted by Gasteiger charge is -2.21. The van der Waals surface area contributed by atoms with E-state index in [4.69, 9.17) is 16.6 Å². The third-order valence-electron chi connectivity index (χ3n) is 3.14. The highest BCUT2D eigenvalue weighted by molar-refractivity contribution is 6.20. The van der Waals surface area contributed by atoms with Gasteiger partial charge in [0.05, 0.1) is 11.1 Å². The summed E-state index contributed by atoms with van der Waals surface area (Å²) in [6.07, 6.45) is 0.889. The summed E-state index contributed by atoms with van der Waals surface area (Å²) in [4.78, 5) is 4.74. The van der Waals surface area contributed by atoms with E-state index < -0.39 is 0 Å². The Hall–Kier alpha value is -1.03. The van der Waals surface area contributed by atoms with Crippen LogP contribution in [-0.2, 0) is 20.0 Å². The number of aromatic nitrogens is 4. The van der Waals surface area contributed by atoms with Crippen molar-refractivity contribution in [2.24, 2.45) is 12.5 Å². The van der Waals surface area contributed by atoms with Gasteiger partial charge in [-0.05, 0) is 18.8 Å². The fraction of sp³-hybridized carbons (Fsp3) is 0.714. The zero-order chi connectivity index (χ0) is 14.4. The minimum Gasteiger partial charge on any atom is -0.311 e. The lowest BCUT2D eigenvalue weighted by Crippen LogP contribution is -2.19. The minimum atomic E-state index is -0.0977. The highest BCUT2D eigenvalue weighted by Gasteiger charge is 2.24. The number of halogens is 1. The molecule has 106 valence electrons. The first-order chi connectivity index (χ1) is 8.74. The molecule has 1 unspecified atom stereocenters. The van der Waals surface area contributed by atoms with E-state index in [2.05, 4.69) is 37.4 Å². The summed E-state index contributed by atoms with van der Waals surface area (Å²) >= 11 is 6.30. The van der Waals surface area contributed by atoms with Crippen LogP contribution in [0.1, 0.15) is 51.5 Å². The molecule has 0 saturated heterocycles. The fourth-order valence-electron chi connectivity index (χ4n) is 2.43. The Morgan fingerprint density at radius 3 is 2.42 bits per heavy atom. The monoisotopic (exact) mass is 282 g/mol. The van der Waals surface area contributed by atoms with Crippen molar-refractivity contribution in [1.29, 1.82) is 0 Å². The topological polar surface area (TPSA) is 35.6 Å². The molecule has 2 aromatic rings. The molecule has 2 aromatic heterocycles. The predicted octanol–water partition coefficient (Wildman–Crippen LogP) is 3.68. The van der Waals surface area contributed by atoms with E-state index in [0.29, 0.717) is 0 Å². The normalized spacial score (nSPS) is 14.3. The largest absolute Gasteiger partial charge is 0.311 e. The van der Waals surface area contributed by atoms with Crippen molar-refractivity contribution in [2.45, 2.75) is 53.0 Å². The standard InChI is InChI=1S/C14H23ClN4/c1-7-10-11-13(18(6)17-10)19(8-14(3,4)5)12(16-11)9(2)15/h9H,7-8H2,1-6H3. The zero-order valence-corrected chi connectivity index (χ0v) is 13.4. The van der Waals surface area contributed by atoms with E-state index in [1.165, 1.54) is 0 Å². The lowest BCUT2D eigenvalue weighted by atomic mass is 9.97. The van der Waals surface area contributed by atoms with Crippen molar-refractivity contribution in [2.75, 3.05) is 0 Å². The average molecular weight is 283 g/mol. The van der Waals surface area contributed by atoms with Gasteiger partial charge in [-0.2, -0.15) is 5.10 Å². The first kappa shape index (κ1) is 14.4. The van der Waals surface area contributed by atoms with Gasteiger partial charge in [0.2, 0.25) is 0 Å². The van der Waals surface area contributed by atoms with Gasteiger partial charge in [-0.25, -0.2) is 4.98 Å². The van der Waals surface area contributed by atoms with Gasteiger partial charge < -0.3 is 4.57 Å². The Kier molecular flexibility index (Phi) is 3.65. The number of nitrogens with zero attached hydrogens (tertiary/aromatic N) is 4. The molecule has 5 heteroatoms. The molecule has 0 fully saturated rings. The van der Waals surface area contributed by atoms with Crippen molar-refractivity contribution < 1.29 is 0 Å². The Bertz CT molecular complexity index is 587. The van der Waals surface area contributed by atoms with Crippen LogP contribution in [0.2, 0.25) is 0 Å². The van der Waals surface area contributed by atoms with Gasteiger partial charge in [0.15, 0.2) is 5.65 Å². The van der Waals surface area contributed by atoms with E-state index in [1.807, 2.05) is 18.7 Å². The molecule has 2 rings (SSSR count). The first-order valence-electron chi connectivity index (χ1n) is 6.80. The molecule has 0 aliphatic heterocycles. The van der Waals surface area contributed by atoms with Gasteiger partial charge in [0.25, 0.3) is 0 Å². The minimum absolute atomic E-state index is 0.0977. The predicted molar refractivity (Wildman–Crippen MR) is 79.6 cm³/mol. The van der Waals surface area contributed by atoms with Crippen LogP contribution in [0.4, 0.5) is 0 Å². The first-order valence-corrected chi connectivity index (χ1v) is 7.24. The quantitative estimate of drug-likeness (QED) is 0.805. The van der Waals surface area contributed by atoms with Gasteiger partial charge in [0, 0.05) is 13.6 Å². The molecule has 0 amide bonds. The van der Waals surface area contributed by atoms with Gasteiger partial charge in [-0.15, -0.1) is 11.6 Å². The summed E-state index contributed by atoms with van der Waals surface area (Å²) in [5, 5.41) is 4.45. The zero-order valence-electron chi connectivity index (χ0n) is 12.7. The van der Waals surface area contributed by atoms with E-state index >= 15 is 0 Å². The van der Waals surface area contributed by atoms with E-state index in [1.54, 1.807) is 0 Å². The number of alkyl halides is 1. The van der Waals surface area contributed by atoms with Crippen LogP contribution >= 0.6 is 11.6 Å². The number of imidazole rings is 1. The number of hydrogen-bond donors (Lipinski definition) is 0. The second-order valence-electron chi connectivity index (χ2n) is 6.33. The maximum Gasteiger partial charge on any atom is 0.158 e.